The lowest BCUT2D eigenvalue weighted by molar-refractivity contribution is 0.0696. The fraction of sp³-hybridized carbons (Fsp3) is 0.222. The molecule has 0 aromatic heterocycles. The van der Waals surface area contributed by atoms with Crippen molar-refractivity contribution in [3.05, 3.63) is 69.8 Å². The normalized spacial score (nSPS) is 10.4. The largest absolute Gasteiger partial charge is 0.478 e. The van der Waals surface area contributed by atoms with Crippen LogP contribution in [0.4, 0.5) is 0 Å². The third kappa shape index (κ3) is 3.37. The Morgan fingerprint density at radius 3 is 1.86 bits per heavy atom. The summed E-state index contributed by atoms with van der Waals surface area (Å²) in [6.07, 6.45) is 0.338. The van der Waals surface area contributed by atoms with Crippen LogP contribution in [0.2, 0.25) is 0 Å². The van der Waals surface area contributed by atoms with Gasteiger partial charge in [0.05, 0.1) is 5.56 Å². The summed E-state index contributed by atoms with van der Waals surface area (Å²) in [5.74, 6) is -0.985. The zero-order valence-electron chi connectivity index (χ0n) is 12.4. The van der Waals surface area contributed by atoms with Crippen LogP contribution < -0.4 is 0 Å². The molecular formula is C18H18O3. The first-order valence-corrected chi connectivity index (χ1v) is 6.82. The van der Waals surface area contributed by atoms with Gasteiger partial charge in [0.1, 0.15) is 0 Å². The van der Waals surface area contributed by atoms with Crippen molar-refractivity contribution in [3.8, 4) is 0 Å². The Morgan fingerprint density at radius 1 is 0.905 bits per heavy atom. The highest BCUT2D eigenvalue weighted by Crippen LogP contribution is 2.19. The first-order valence-electron chi connectivity index (χ1n) is 6.82. The van der Waals surface area contributed by atoms with Crippen molar-refractivity contribution in [2.75, 3.05) is 0 Å². The van der Waals surface area contributed by atoms with Crippen LogP contribution in [0, 0.1) is 20.8 Å². The Bertz CT molecular complexity index is 674. The van der Waals surface area contributed by atoms with Gasteiger partial charge in [-0.1, -0.05) is 29.8 Å². The van der Waals surface area contributed by atoms with Crippen molar-refractivity contribution < 1.29 is 14.7 Å². The number of hydrogen-bond donors (Lipinski definition) is 1. The van der Waals surface area contributed by atoms with Gasteiger partial charge >= 0.3 is 5.97 Å². The van der Waals surface area contributed by atoms with Crippen molar-refractivity contribution in [2.24, 2.45) is 0 Å². The van der Waals surface area contributed by atoms with Crippen LogP contribution in [0.5, 0.6) is 0 Å². The summed E-state index contributed by atoms with van der Waals surface area (Å²) in [5.41, 5.74) is 5.19. The molecule has 0 fully saturated rings. The highest BCUT2D eigenvalue weighted by atomic mass is 16.4. The van der Waals surface area contributed by atoms with Crippen LogP contribution in [-0.2, 0) is 6.42 Å². The maximum Gasteiger partial charge on any atom is 0.335 e. The maximum absolute atomic E-state index is 12.3. The molecule has 0 saturated carbocycles. The Labute approximate surface area is 124 Å². The summed E-state index contributed by atoms with van der Waals surface area (Å²) >= 11 is 0. The molecule has 0 spiro atoms. The number of rotatable bonds is 4. The number of benzene rings is 2. The van der Waals surface area contributed by atoms with Gasteiger partial charge in [-0.2, -0.15) is 0 Å². The lowest BCUT2D eigenvalue weighted by Crippen LogP contribution is -2.07. The molecule has 0 amide bonds. The van der Waals surface area contributed by atoms with Crippen molar-refractivity contribution in [1.29, 1.82) is 0 Å². The lowest BCUT2D eigenvalue weighted by Gasteiger charge is -2.11. The molecule has 3 nitrogen and oxygen atoms in total. The fourth-order valence-electron chi connectivity index (χ4n) is 2.55. The van der Waals surface area contributed by atoms with Crippen molar-refractivity contribution in [2.45, 2.75) is 27.2 Å². The van der Waals surface area contributed by atoms with Crippen molar-refractivity contribution >= 4 is 11.8 Å². The summed E-state index contributed by atoms with van der Waals surface area (Å²) < 4.78 is 0. The van der Waals surface area contributed by atoms with Crippen LogP contribution in [0.3, 0.4) is 0 Å². The minimum absolute atomic E-state index is 0.00184. The molecule has 0 aliphatic rings. The molecule has 0 saturated heterocycles. The standard InChI is InChI=1S/C18H18O3/c1-11-8-12(2)16(13(3)9-11)10-17(19)14-4-6-15(7-5-14)18(20)21/h4-9H,10H2,1-3H3,(H,20,21). The summed E-state index contributed by atoms with van der Waals surface area (Å²) in [4.78, 5) is 23.1. The van der Waals surface area contributed by atoms with Gasteiger partial charge in [0, 0.05) is 12.0 Å². The van der Waals surface area contributed by atoms with Gasteiger partial charge in [-0.05, 0) is 49.6 Å². The van der Waals surface area contributed by atoms with Crippen LogP contribution in [-0.4, -0.2) is 16.9 Å². The molecule has 0 radical (unpaired) electrons. The summed E-state index contributed by atoms with van der Waals surface area (Å²) in [6.45, 7) is 6.06. The van der Waals surface area contributed by atoms with Gasteiger partial charge in [-0.3, -0.25) is 4.79 Å². The number of carboxylic acid groups (broad SMARTS) is 1. The molecule has 0 heterocycles. The van der Waals surface area contributed by atoms with E-state index in [4.69, 9.17) is 5.11 Å². The number of hydrogen-bond acceptors (Lipinski definition) is 2. The molecule has 0 atom stereocenters. The monoisotopic (exact) mass is 282 g/mol. The van der Waals surface area contributed by atoms with Gasteiger partial charge in [-0.25, -0.2) is 4.79 Å². The Balaban J connectivity index is 2.24. The quantitative estimate of drug-likeness (QED) is 0.869. The molecular weight excluding hydrogens is 264 g/mol. The van der Waals surface area contributed by atoms with E-state index in [2.05, 4.69) is 12.1 Å². The average molecular weight is 282 g/mol. The number of aryl methyl sites for hydroxylation is 3. The van der Waals surface area contributed by atoms with E-state index in [1.807, 2.05) is 20.8 Å². The van der Waals surface area contributed by atoms with E-state index in [0.717, 1.165) is 16.7 Å². The molecule has 21 heavy (non-hydrogen) atoms. The van der Waals surface area contributed by atoms with E-state index >= 15 is 0 Å². The van der Waals surface area contributed by atoms with E-state index in [0.29, 0.717) is 12.0 Å². The van der Waals surface area contributed by atoms with E-state index in [1.165, 1.54) is 17.7 Å². The second-order valence-electron chi connectivity index (χ2n) is 5.36. The molecule has 1 N–H and O–H groups in total. The Kier molecular flexibility index (Phi) is 4.22. The zero-order chi connectivity index (χ0) is 15.6. The minimum Gasteiger partial charge on any atom is -0.478 e. The van der Waals surface area contributed by atoms with E-state index < -0.39 is 5.97 Å². The number of carboxylic acids is 1. The molecule has 2 aromatic rings. The molecule has 3 heteroatoms. The number of carbonyl (C=O) groups is 2. The first kappa shape index (κ1) is 15.0. The van der Waals surface area contributed by atoms with E-state index in [-0.39, 0.29) is 11.3 Å². The van der Waals surface area contributed by atoms with Gasteiger partial charge in [0.15, 0.2) is 5.78 Å². The number of Topliss-reactive ketones (excluding diaryl/α,β-unsaturated/α-hetero) is 1. The summed E-state index contributed by atoms with van der Waals surface area (Å²) in [6, 6.07) is 10.2. The highest BCUT2D eigenvalue weighted by molar-refractivity contribution is 5.98. The third-order valence-electron chi connectivity index (χ3n) is 3.63. The topological polar surface area (TPSA) is 54.4 Å². The molecule has 0 bridgehead atoms. The first-order chi connectivity index (χ1) is 9.88. The molecule has 0 aliphatic heterocycles. The van der Waals surface area contributed by atoms with Gasteiger partial charge in [0.25, 0.3) is 0 Å². The maximum atomic E-state index is 12.3. The van der Waals surface area contributed by atoms with Gasteiger partial charge in [0.2, 0.25) is 0 Å². The molecule has 108 valence electrons. The smallest absolute Gasteiger partial charge is 0.335 e. The summed E-state index contributed by atoms with van der Waals surface area (Å²) in [7, 11) is 0. The number of ketones is 1. The highest BCUT2D eigenvalue weighted by Gasteiger charge is 2.12. The lowest BCUT2D eigenvalue weighted by atomic mass is 9.93. The third-order valence-corrected chi connectivity index (χ3v) is 3.63. The molecule has 2 aromatic carbocycles. The van der Waals surface area contributed by atoms with Gasteiger partial charge in [-0.15, -0.1) is 0 Å². The Hall–Kier alpha value is -2.42. The van der Waals surface area contributed by atoms with E-state index in [1.54, 1.807) is 12.1 Å². The van der Waals surface area contributed by atoms with Crippen molar-refractivity contribution in [3.63, 3.8) is 0 Å². The molecule has 0 aliphatic carbocycles. The predicted molar refractivity (Wildman–Crippen MR) is 82.1 cm³/mol. The van der Waals surface area contributed by atoms with Crippen LogP contribution in [0.25, 0.3) is 0 Å². The Morgan fingerprint density at radius 2 is 1.38 bits per heavy atom. The van der Waals surface area contributed by atoms with Crippen LogP contribution in [0.15, 0.2) is 36.4 Å². The van der Waals surface area contributed by atoms with E-state index in [9.17, 15) is 9.59 Å². The fourth-order valence-corrected chi connectivity index (χ4v) is 2.55. The second-order valence-corrected chi connectivity index (χ2v) is 5.36. The zero-order valence-corrected chi connectivity index (χ0v) is 12.4. The van der Waals surface area contributed by atoms with Crippen LogP contribution in [0.1, 0.15) is 43.0 Å². The summed E-state index contributed by atoms with van der Waals surface area (Å²) in [5, 5.41) is 8.86. The minimum atomic E-state index is -0.987. The second kappa shape index (κ2) is 5.92. The SMILES string of the molecule is Cc1cc(C)c(CC(=O)c2ccc(C(=O)O)cc2)c(C)c1. The predicted octanol–water partition coefficient (Wildman–Crippen LogP) is 3.74. The number of carbonyl (C=O) groups excluding carboxylic acids is 1. The number of aromatic carboxylic acids is 1. The average Bonchev–Trinajstić information content (AvgIpc) is 2.42. The van der Waals surface area contributed by atoms with Gasteiger partial charge < -0.3 is 5.11 Å². The van der Waals surface area contributed by atoms with Crippen molar-refractivity contribution in [1.82, 2.24) is 0 Å². The molecule has 0 unspecified atom stereocenters. The van der Waals surface area contributed by atoms with Crippen LogP contribution >= 0.6 is 0 Å². The molecule has 2 rings (SSSR count).